The number of hydrogen-bond acceptors (Lipinski definition) is 6. The van der Waals surface area contributed by atoms with Crippen molar-refractivity contribution in [3.05, 3.63) is 30.2 Å². The van der Waals surface area contributed by atoms with E-state index >= 15 is 0 Å². The average Bonchev–Trinajstić information content (AvgIpc) is 3.03. The largest absolute Gasteiger partial charge is 0.494 e. The number of anilines is 1. The Balaban J connectivity index is 1.90. The molecule has 1 fully saturated rings. The number of hydrogen-bond donors (Lipinski definition) is 1. The number of ether oxygens (including phenoxy) is 3. The Labute approximate surface area is 178 Å². The molecule has 1 amide bonds. The van der Waals surface area contributed by atoms with Gasteiger partial charge in [-0.1, -0.05) is 12.8 Å². The van der Waals surface area contributed by atoms with Gasteiger partial charge in [-0.15, -0.1) is 0 Å². The molecule has 1 N–H and O–H groups in total. The minimum absolute atomic E-state index is 0.125. The van der Waals surface area contributed by atoms with E-state index in [1.165, 1.54) is 10.4 Å². The van der Waals surface area contributed by atoms with Crippen LogP contribution >= 0.6 is 0 Å². The van der Waals surface area contributed by atoms with E-state index in [1.54, 1.807) is 0 Å². The van der Waals surface area contributed by atoms with Crippen molar-refractivity contribution < 1.29 is 40.6 Å². The van der Waals surface area contributed by atoms with Gasteiger partial charge in [-0.2, -0.15) is 17.5 Å². The maximum atomic E-state index is 13.0. The molecule has 172 valence electrons. The second-order valence-electron chi connectivity index (χ2n) is 7.04. The second kappa shape index (κ2) is 9.77. The Kier molecular flexibility index (Phi) is 7.31. The standard InChI is InChI=1S/C19H23F3N2O6S/c20-19(21,22)13-30-16-6-5-14(31(26,27)24-7-3-1-2-4-8-24)11-15(16)23-18(25)17-12-28-9-10-29-17/h5-6,11-12H,1-4,7-10,13H2,(H,23,25). The van der Waals surface area contributed by atoms with Crippen molar-refractivity contribution in [1.82, 2.24) is 4.31 Å². The number of carbonyl (C=O) groups is 1. The summed E-state index contributed by atoms with van der Waals surface area (Å²) < 4.78 is 80.2. The number of alkyl halides is 3. The normalized spacial score (nSPS) is 18.2. The van der Waals surface area contributed by atoms with Crippen LogP contribution < -0.4 is 10.1 Å². The fourth-order valence-electron chi connectivity index (χ4n) is 3.16. The highest BCUT2D eigenvalue weighted by Gasteiger charge is 2.30. The van der Waals surface area contributed by atoms with Gasteiger partial charge in [0.15, 0.2) is 6.61 Å². The molecule has 8 nitrogen and oxygen atoms in total. The summed E-state index contributed by atoms with van der Waals surface area (Å²) in [4.78, 5) is 12.3. The molecule has 1 aromatic carbocycles. The summed E-state index contributed by atoms with van der Waals surface area (Å²) in [7, 11) is -3.89. The maximum absolute atomic E-state index is 13.0. The quantitative estimate of drug-likeness (QED) is 0.696. The summed E-state index contributed by atoms with van der Waals surface area (Å²) in [6.07, 6.45) is -0.237. The number of benzene rings is 1. The molecule has 12 heteroatoms. The summed E-state index contributed by atoms with van der Waals surface area (Å²) in [6, 6.07) is 3.35. The van der Waals surface area contributed by atoms with Gasteiger partial charge in [-0.05, 0) is 31.0 Å². The summed E-state index contributed by atoms with van der Waals surface area (Å²) in [5.74, 6) is -1.31. The minimum atomic E-state index is -4.61. The van der Waals surface area contributed by atoms with Crippen LogP contribution in [-0.2, 0) is 24.3 Å². The van der Waals surface area contributed by atoms with Gasteiger partial charge in [-0.3, -0.25) is 4.79 Å². The molecule has 3 rings (SSSR count). The number of nitrogens with one attached hydrogen (secondary N) is 1. The molecule has 1 saturated heterocycles. The first kappa shape index (κ1) is 23.2. The third-order valence-electron chi connectivity index (χ3n) is 4.67. The van der Waals surface area contributed by atoms with Gasteiger partial charge in [0.25, 0.3) is 5.91 Å². The van der Waals surface area contributed by atoms with Crippen LogP contribution in [0.4, 0.5) is 18.9 Å². The zero-order valence-electron chi connectivity index (χ0n) is 16.6. The molecule has 0 unspecified atom stereocenters. The van der Waals surface area contributed by atoms with E-state index in [2.05, 4.69) is 5.32 Å². The molecule has 0 atom stereocenters. The van der Waals surface area contributed by atoms with Gasteiger partial charge in [0.2, 0.25) is 15.8 Å². The van der Waals surface area contributed by atoms with Gasteiger partial charge >= 0.3 is 6.18 Å². The Morgan fingerprint density at radius 3 is 2.45 bits per heavy atom. The van der Waals surface area contributed by atoms with Gasteiger partial charge in [-0.25, -0.2) is 8.42 Å². The smallest absolute Gasteiger partial charge is 0.422 e. The van der Waals surface area contributed by atoms with E-state index in [1.807, 2.05) is 0 Å². The fraction of sp³-hybridized carbons (Fsp3) is 0.526. The van der Waals surface area contributed by atoms with Gasteiger partial charge < -0.3 is 19.5 Å². The Hall–Kier alpha value is -2.47. The van der Waals surface area contributed by atoms with Crippen LogP contribution in [0.2, 0.25) is 0 Å². The molecule has 0 spiro atoms. The van der Waals surface area contributed by atoms with E-state index in [9.17, 15) is 26.4 Å². The molecule has 2 aliphatic rings. The van der Waals surface area contributed by atoms with Crippen LogP contribution in [0.15, 0.2) is 35.1 Å². The first-order valence-electron chi connectivity index (χ1n) is 9.76. The van der Waals surface area contributed by atoms with Crippen LogP contribution in [0.3, 0.4) is 0 Å². The molecule has 1 aromatic rings. The van der Waals surface area contributed by atoms with Gasteiger partial charge in [0, 0.05) is 13.1 Å². The summed E-state index contributed by atoms with van der Waals surface area (Å²) in [5.41, 5.74) is -0.222. The average molecular weight is 464 g/mol. The number of halogens is 3. The molecule has 2 heterocycles. The van der Waals surface area contributed by atoms with Crippen LogP contribution in [0.5, 0.6) is 5.75 Å². The van der Waals surface area contributed by atoms with Gasteiger partial charge in [0.1, 0.15) is 25.2 Å². The Morgan fingerprint density at radius 1 is 1.13 bits per heavy atom. The highest BCUT2D eigenvalue weighted by Crippen LogP contribution is 2.32. The zero-order chi connectivity index (χ0) is 22.5. The van der Waals surface area contributed by atoms with E-state index in [0.29, 0.717) is 13.1 Å². The maximum Gasteiger partial charge on any atom is 0.422 e. The highest BCUT2D eigenvalue weighted by atomic mass is 32.2. The first-order valence-corrected chi connectivity index (χ1v) is 11.2. The Bertz CT molecular complexity index is 925. The topological polar surface area (TPSA) is 94.2 Å². The van der Waals surface area contributed by atoms with Gasteiger partial charge in [0.05, 0.1) is 10.6 Å². The summed E-state index contributed by atoms with van der Waals surface area (Å²) in [5, 5.41) is 2.36. The fourth-order valence-corrected chi connectivity index (χ4v) is 4.70. The highest BCUT2D eigenvalue weighted by molar-refractivity contribution is 7.89. The van der Waals surface area contributed by atoms with Crippen LogP contribution in [0.1, 0.15) is 25.7 Å². The van der Waals surface area contributed by atoms with Crippen molar-refractivity contribution >= 4 is 21.6 Å². The third-order valence-corrected chi connectivity index (χ3v) is 6.56. The molecule has 0 aromatic heterocycles. The van der Waals surface area contributed by atoms with Crippen LogP contribution in [0, 0.1) is 0 Å². The van der Waals surface area contributed by atoms with Crippen LogP contribution in [0.25, 0.3) is 0 Å². The van der Waals surface area contributed by atoms with E-state index < -0.39 is 28.7 Å². The lowest BCUT2D eigenvalue weighted by Gasteiger charge is -2.21. The number of rotatable bonds is 6. The van der Waals surface area contributed by atoms with E-state index in [-0.39, 0.29) is 35.3 Å². The van der Waals surface area contributed by atoms with Crippen molar-refractivity contribution in [1.29, 1.82) is 0 Å². The van der Waals surface area contributed by atoms with Crippen LogP contribution in [-0.4, -0.2) is 57.7 Å². The SMILES string of the molecule is O=C(Nc1cc(S(=O)(=O)N2CCCCCC2)ccc1OCC(F)(F)F)C1=COCCO1. The first-order chi connectivity index (χ1) is 14.7. The van der Waals surface area contributed by atoms with E-state index in [4.69, 9.17) is 14.2 Å². The predicted molar refractivity (Wildman–Crippen MR) is 104 cm³/mol. The van der Waals surface area contributed by atoms with Crippen molar-refractivity contribution in [3.8, 4) is 5.75 Å². The minimum Gasteiger partial charge on any atom is -0.494 e. The summed E-state index contributed by atoms with van der Waals surface area (Å²) in [6.45, 7) is -0.514. The molecule has 0 radical (unpaired) electrons. The molecule has 31 heavy (non-hydrogen) atoms. The van der Waals surface area contributed by atoms with Crippen molar-refractivity contribution in [2.75, 3.05) is 38.2 Å². The monoisotopic (exact) mass is 464 g/mol. The number of carbonyl (C=O) groups excluding carboxylic acids is 1. The lowest BCUT2D eigenvalue weighted by molar-refractivity contribution is -0.153. The van der Waals surface area contributed by atoms with Crippen molar-refractivity contribution in [2.45, 2.75) is 36.8 Å². The number of nitrogens with zero attached hydrogens (tertiary/aromatic N) is 1. The zero-order valence-corrected chi connectivity index (χ0v) is 17.4. The molecule has 0 aliphatic carbocycles. The van der Waals surface area contributed by atoms with E-state index in [0.717, 1.165) is 44.1 Å². The summed E-state index contributed by atoms with van der Waals surface area (Å²) >= 11 is 0. The predicted octanol–water partition coefficient (Wildman–Crippen LogP) is 3.02. The number of sulfonamides is 1. The molecule has 0 saturated carbocycles. The number of amides is 1. The Morgan fingerprint density at radius 2 is 1.84 bits per heavy atom. The lowest BCUT2D eigenvalue weighted by atomic mass is 10.2. The molecular weight excluding hydrogens is 441 g/mol. The third kappa shape index (κ3) is 6.26. The molecule has 0 bridgehead atoms. The second-order valence-corrected chi connectivity index (χ2v) is 8.97. The molecule has 2 aliphatic heterocycles. The lowest BCUT2D eigenvalue weighted by Crippen LogP contribution is -2.32. The molecular formula is C19H23F3N2O6S. The van der Waals surface area contributed by atoms with Crippen molar-refractivity contribution in [3.63, 3.8) is 0 Å². The van der Waals surface area contributed by atoms with Crippen molar-refractivity contribution in [2.24, 2.45) is 0 Å².